The lowest BCUT2D eigenvalue weighted by molar-refractivity contribution is -0.142. The van der Waals surface area contributed by atoms with E-state index in [1.807, 2.05) is 0 Å². The normalized spacial score (nSPS) is 21.9. The molecule has 28 nitrogen and oxygen atoms in total. The molecule has 1 aliphatic heterocycles. The van der Waals surface area contributed by atoms with Crippen LogP contribution in [0.5, 0.6) is 5.75 Å². The number of amides is 10. The third-order valence-corrected chi connectivity index (χ3v) is 18.0. The number of hydrogen-bond donors (Lipinski definition) is 16. The maximum absolute atomic E-state index is 15.2. The van der Waals surface area contributed by atoms with Crippen LogP contribution in [0.3, 0.4) is 0 Å². The van der Waals surface area contributed by atoms with E-state index in [-0.39, 0.29) is 55.8 Å². The summed E-state index contributed by atoms with van der Waals surface area (Å²) in [5.74, 6) is -12.5. The molecular formula is C64H78N14O14S2. The molecule has 2 aromatic heterocycles. The van der Waals surface area contributed by atoms with Gasteiger partial charge in [-0.25, -0.2) is 9.78 Å². The maximum Gasteiger partial charge on any atom is 0.326 e. The zero-order valence-electron chi connectivity index (χ0n) is 51.5. The Morgan fingerprint density at radius 2 is 1.20 bits per heavy atom. The number of phenols is 1. The molecule has 4 aromatic carbocycles. The predicted molar refractivity (Wildman–Crippen MR) is 349 cm³/mol. The van der Waals surface area contributed by atoms with Gasteiger partial charge in [-0.3, -0.25) is 47.9 Å². The first-order valence-corrected chi connectivity index (χ1v) is 32.8. The number of para-hydroxylation sites is 1. The van der Waals surface area contributed by atoms with Gasteiger partial charge in [0.1, 0.15) is 60.1 Å². The molecule has 94 heavy (non-hydrogen) atoms. The molecule has 500 valence electrons. The number of aromatic nitrogens is 3. The summed E-state index contributed by atoms with van der Waals surface area (Å²) < 4.78 is 0. The van der Waals surface area contributed by atoms with Crippen LogP contribution in [-0.2, 0) is 84.8 Å². The number of nitrogens with two attached hydrogens (primary N) is 2. The number of nitrogens with zero attached hydrogens (tertiary/aromatic N) is 1. The van der Waals surface area contributed by atoms with E-state index in [0.717, 1.165) is 21.6 Å². The van der Waals surface area contributed by atoms with Gasteiger partial charge in [-0.1, -0.05) is 133 Å². The highest BCUT2D eigenvalue weighted by molar-refractivity contribution is 8.76. The average molecular weight is 1330 g/mol. The molecule has 10 amide bonds. The molecule has 18 N–H and O–H groups in total. The van der Waals surface area contributed by atoms with Crippen molar-refractivity contribution in [1.82, 2.24) is 62.8 Å². The molecule has 3 heterocycles. The lowest BCUT2D eigenvalue weighted by Crippen LogP contribution is -2.62. The monoisotopic (exact) mass is 1330 g/mol. The molecule has 11 atom stereocenters. The lowest BCUT2D eigenvalue weighted by Gasteiger charge is -2.29. The molecular weight excluding hydrogens is 1250 g/mol. The van der Waals surface area contributed by atoms with Gasteiger partial charge in [0.05, 0.1) is 19.0 Å². The summed E-state index contributed by atoms with van der Waals surface area (Å²) in [5.41, 5.74) is 15.1. The van der Waals surface area contributed by atoms with Gasteiger partial charge in [0, 0.05) is 72.6 Å². The van der Waals surface area contributed by atoms with Crippen LogP contribution < -0.4 is 59.3 Å². The number of carboxylic acids is 1. The van der Waals surface area contributed by atoms with Crippen LogP contribution in [-0.4, -0.2) is 174 Å². The SMILES string of the molecule is CC[C@H](C)[C@@H]1NC(=O)[C@H](CO)NC(=O)[C@H](NC(=O)[C@@H](N)Cc2ccccc2)CSSC[C@@H](C(=O)N[C@@H](Cc2ccc(O)cc2)C(=O)O)NC(=O)[C@H](Cc2c[nH]c3ccccc23)NC(=O)[C@H](Cc2cnc[nH]2)NC(=O)[C@H](Cc2ccccc2)NC(=O)[C@H](CCC(N)=O)NC1=O. The molecule has 7 rings (SSSR count). The fourth-order valence-electron chi connectivity index (χ4n) is 10.1. The van der Waals surface area contributed by atoms with Gasteiger partial charge in [0.25, 0.3) is 0 Å². The number of nitrogens with one attached hydrogen (secondary N) is 11. The molecule has 0 aliphatic carbocycles. The summed E-state index contributed by atoms with van der Waals surface area (Å²) in [4.78, 5) is 167. The van der Waals surface area contributed by atoms with Crippen molar-refractivity contribution in [3.63, 3.8) is 0 Å². The average Bonchev–Trinajstić information content (AvgIpc) is 1.62. The van der Waals surface area contributed by atoms with Crippen LogP contribution in [0.2, 0.25) is 0 Å². The largest absolute Gasteiger partial charge is 0.508 e. The number of carbonyl (C=O) groups excluding carboxylic acids is 10. The van der Waals surface area contributed by atoms with E-state index in [9.17, 15) is 58.5 Å². The minimum Gasteiger partial charge on any atom is -0.508 e. The van der Waals surface area contributed by atoms with Gasteiger partial charge < -0.3 is 84.6 Å². The quantitative estimate of drug-likeness (QED) is 0.0407. The van der Waals surface area contributed by atoms with Crippen molar-refractivity contribution >= 4 is 97.5 Å². The number of aliphatic hydroxyl groups excluding tert-OH is 1. The van der Waals surface area contributed by atoms with Crippen LogP contribution in [0.1, 0.15) is 61.1 Å². The predicted octanol–water partition coefficient (Wildman–Crippen LogP) is -0.416. The van der Waals surface area contributed by atoms with Crippen molar-refractivity contribution in [2.45, 2.75) is 126 Å². The Bertz CT molecular complexity index is 3590. The van der Waals surface area contributed by atoms with Gasteiger partial charge in [-0.05, 0) is 59.2 Å². The molecule has 6 aromatic rings. The molecule has 0 bridgehead atoms. The summed E-state index contributed by atoms with van der Waals surface area (Å²) in [6.07, 6.45) is 2.76. The number of phenolic OH excluding ortho intramolecular Hbond substituents is 1. The van der Waals surface area contributed by atoms with Crippen molar-refractivity contribution < 1.29 is 68.1 Å². The Hall–Kier alpha value is -9.78. The minimum atomic E-state index is -1.78. The van der Waals surface area contributed by atoms with Crippen LogP contribution in [0, 0.1) is 5.92 Å². The summed E-state index contributed by atoms with van der Waals surface area (Å²) in [6, 6.07) is 14.3. The molecule has 1 aliphatic rings. The van der Waals surface area contributed by atoms with Gasteiger partial charge in [0.15, 0.2) is 0 Å². The summed E-state index contributed by atoms with van der Waals surface area (Å²) in [6.45, 7) is 2.28. The van der Waals surface area contributed by atoms with Gasteiger partial charge in [-0.2, -0.15) is 0 Å². The van der Waals surface area contributed by atoms with E-state index < -0.39 is 151 Å². The molecule has 0 unspecified atom stereocenters. The molecule has 0 saturated carbocycles. The van der Waals surface area contributed by atoms with E-state index in [1.54, 1.807) is 105 Å². The molecule has 30 heteroatoms. The second-order valence-electron chi connectivity index (χ2n) is 22.7. The van der Waals surface area contributed by atoms with Gasteiger partial charge in [-0.15, -0.1) is 0 Å². The zero-order valence-corrected chi connectivity index (χ0v) is 53.1. The number of imidazole rings is 1. The Balaban J connectivity index is 1.31. The third-order valence-electron chi connectivity index (χ3n) is 15.6. The molecule has 0 radical (unpaired) electrons. The third kappa shape index (κ3) is 21.4. The van der Waals surface area contributed by atoms with Crippen molar-refractivity contribution in [3.8, 4) is 5.75 Å². The number of aromatic hydroxyl groups is 1. The number of carboxylic acid groups (broad SMARTS) is 1. The Morgan fingerprint density at radius 1 is 0.638 bits per heavy atom. The Labute approximate surface area is 548 Å². The molecule has 1 saturated heterocycles. The zero-order chi connectivity index (χ0) is 67.8. The minimum absolute atomic E-state index is 0.0326. The van der Waals surface area contributed by atoms with Gasteiger partial charge in [0.2, 0.25) is 59.1 Å². The van der Waals surface area contributed by atoms with E-state index in [1.165, 1.54) is 36.8 Å². The fourth-order valence-corrected chi connectivity index (χ4v) is 12.4. The second kappa shape index (κ2) is 35.3. The number of aromatic amines is 2. The first kappa shape index (κ1) is 71.7. The topological polar surface area (TPSA) is 453 Å². The van der Waals surface area contributed by atoms with Crippen LogP contribution in [0.15, 0.2) is 128 Å². The number of fused-ring (bicyclic) bond motifs is 1. The summed E-state index contributed by atoms with van der Waals surface area (Å²) in [5, 5.41) is 55.3. The maximum atomic E-state index is 15.2. The number of carbonyl (C=O) groups is 11. The standard InChI is InChI=1S/C64H78N14O14S2/c1-3-35(2)54-63(90)70-45(22-23-53(66)81)56(83)71-46(25-37-14-8-5-9-15-37)57(84)73-48(28-40-30-67-34-69-40)59(86)72-47(27-39-29-68-44-17-11-10-16-42(39)44)58(85)77-52(61(88)74-49(64(91)92)26-38-18-20-41(80)21-19-38)33-94-93-32-51(62(89)75-50(31-79)60(87)78-54)76-55(82)43(65)24-36-12-6-4-7-13-36/h4-21,29-30,34-35,43,45-52,54,68,79-80H,3,22-28,31-33,65H2,1-2H3,(H2,66,81)(H,67,69)(H,70,90)(H,71,83)(H,72,86)(H,73,84)(H,74,88)(H,75,89)(H,76,82)(H,77,85)(H,78,87)(H,91,92)/t35-,43-,45-,46-,47-,48-,49-,50-,51+,52-,54-/m0/s1. The van der Waals surface area contributed by atoms with Crippen molar-refractivity contribution in [3.05, 3.63) is 156 Å². The Kier molecular flexibility index (Phi) is 26.9. The number of rotatable bonds is 21. The summed E-state index contributed by atoms with van der Waals surface area (Å²) >= 11 is 0. The highest BCUT2D eigenvalue weighted by Gasteiger charge is 2.38. The highest BCUT2D eigenvalue weighted by atomic mass is 33.1. The number of hydrogen-bond acceptors (Lipinski definition) is 17. The van der Waals surface area contributed by atoms with E-state index in [2.05, 4.69) is 62.8 Å². The van der Waals surface area contributed by atoms with E-state index in [0.29, 0.717) is 38.9 Å². The van der Waals surface area contributed by atoms with Crippen LogP contribution >= 0.6 is 21.6 Å². The number of aliphatic hydroxyl groups is 1. The second-order valence-corrected chi connectivity index (χ2v) is 25.2. The lowest BCUT2D eigenvalue weighted by atomic mass is 9.97. The number of primary amides is 1. The fraction of sp³-hybridized carbons (Fsp3) is 0.375. The van der Waals surface area contributed by atoms with Crippen molar-refractivity contribution in [2.75, 3.05) is 18.1 Å². The van der Waals surface area contributed by atoms with Crippen LogP contribution in [0.4, 0.5) is 0 Å². The number of H-pyrrole nitrogens is 2. The Morgan fingerprint density at radius 3 is 1.83 bits per heavy atom. The first-order chi connectivity index (χ1) is 45.1. The van der Waals surface area contributed by atoms with Gasteiger partial charge >= 0.3 is 5.97 Å². The number of aliphatic carboxylic acids is 1. The molecule has 1 fully saturated rings. The smallest absolute Gasteiger partial charge is 0.326 e. The summed E-state index contributed by atoms with van der Waals surface area (Å²) in [7, 11) is 1.79. The molecule has 0 spiro atoms. The number of benzene rings is 4. The van der Waals surface area contributed by atoms with E-state index >= 15 is 9.59 Å². The first-order valence-electron chi connectivity index (χ1n) is 30.3. The van der Waals surface area contributed by atoms with Crippen LogP contribution in [0.25, 0.3) is 10.9 Å². The van der Waals surface area contributed by atoms with Crippen molar-refractivity contribution in [2.24, 2.45) is 17.4 Å². The van der Waals surface area contributed by atoms with E-state index in [4.69, 9.17) is 11.5 Å². The van der Waals surface area contributed by atoms with Crippen molar-refractivity contribution in [1.29, 1.82) is 0 Å². The highest BCUT2D eigenvalue weighted by Crippen LogP contribution is 2.25.